The largest absolute Gasteiger partial charge is 0.322 e. The summed E-state index contributed by atoms with van der Waals surface area (Å²) in [6, 6.07) is 0. The summed E-state index contributed by atoms with van der Waals surface area (Å²) >= 11 is 1.32. The molecule has 0 aromatic carbocycles. The van der Waals surface area contributed by atoms with Crippen LogP contribution in [0, 0.1) is 0 Å². The molecule has 0 saturated carbocycles. The molecule has 2 atom stereocenters. The third-order valence-electron chi connectivity index (χ3n) is 1.99. The molecule has 0 radical (unpaired) electrons. The van der Waals surface area contributed by atoms with Crippen molar-refractivity contribution >= 4 is 45.4 Å². The Kier molecular flexibility index (Phi) is 2.41. The monoisotopic (exact) mass is 236 g/mol. The average Bonchev–Trinajstić information content (AvgIpc) is 2.13. The molecule has 0 unspecified atom stereocenters. The fourth-order valence-electron chi connectivity index (χ4n) is 1.26. The summed E-state index contributed by atoms with van der Waals surface area (Å²) in [7, 11) is 4.62. The van der Waals surface area contributed by atoms with Crippen molar-refractivity contribution in [1.82, 2.24) is 9.21 Å². The molecule has 2 amide bonds. The number of likely N-dealkylation sites (N-methyl/N-ethyl adjacent to an activating group) is 1. The van der Waals surface area contributed by atoms with Gasteiger partial charge >= 0.3 is 0 Å². The molecule has 3 fully saturated rings. The maximum absolute atomic E-state index is 11.7. The molecular formula is C6H8N2O2S3. The molecule has 3 aliphatic heterocycles. The topological polar surface area (TPSA) is 40.6 Å². The third kappa shape index (κ3) is 1.25. The Balaban J connectivity index is 2.31. The number of nitrogens with zero attached hydrogens (tertiary/aromatic N) is 2. The highest BCUT2D eigenvalue weighted by Crippen LogP contribution is 2.47. The van der Waals surface area contributed by atoms with E-state index in [9.17, 15) is 9.59 Å². The Bertz CT molecular complexity index is 269. The Morgan fingerprint density at radius 1 is 1.23 bits per heavy atom. The minimum atomic E-state index is -0.331. The van der Waals surface area contributed by atoms with Gasteiger partial charge in [-0.25, -0.2) is 0 Å². The Morgan fingerprint density at radius 3 is 2.46 bits per heavy atom. The zero-order valence-corrected chi connectivity index (χ0v) is 9.54. The van der Waals surface area contributed by atoms with Crippen LogP contribution in [0.15, 0.2) is 0 Å². The van der Waals surface area contributed by atoms with E-state index < -0.39 is 0 Å². The van der Waals surface area contributed by atoms with Gasteiger partial charge in [-0.3, -0.25) is 13.9 Å². The summed E-state index contributed by atoms with van der Waals surface area (Å²) in [5.74, 6) is 0.0612. The molecule has 0 aromatic heterocycles. The first-order valence-electron chi connectivity index (χ1n) is 3.63. The van der Waals surface area contributed by atoms with Gasteiger partial charge in [0.15, 0.2) is 10.7 Å². The van der Waals surface area contributed by atoms with Gasteiger partial charge in [0.25, 0.3) is 11.8 Å². The molecule has 2 bridgehead atoms. The maximum Gasteiger partial charge on any atom is 0.268 e. The molecule has 4 nitrogen and oxygen atoms in total. The number of fused-ring (bicyclic) bond motifs is 3. The molecule has 0 N–H and O–H groups in total. The predicted molar refractivity (Wildman–Crippen MR) is 55.9 cm³/mol. The standard InChI is InChI=1S/C6H8N2O2S3/c1-7-3(9)6-8(11-2)4(10)5(7)12-13-6/h5-6H,1-2H3/t5-,6+/m1/s1. The molecule has 0 aromatic rings. The number of piperazine rings is 1. The van der Waals surface area contributed by atoms with Gasteiger partial charge in [-0.15, -0.1) is 0 Å². The van der Waals surface area contributed by atoms with Crippen LogP contribution in [-0.2, 0) is 9.59 Å². The molecule has 7 heteroatoms. The molecule has 13 heavy (non-hydrogen) atoms. The lowest BCUT2D eigenvalue weighted by molar-refractivity contribution is -0.147. The van der Waals surface area contributed by atoms with Gasteiger partial charge in [0, 0.05) is 13.3 Å². The van der Waals surface area contributed by atoms with Crippen LogP contribution in [0.25, 0.3) is 0 Å². The van der Waals surface area contributed by atoms with Crippen LogP contribution in [0.1, 0.15) is 0 Å². The van der Waals surface area contributed by atoms with Crippen LogP contribution in [-0.4, -0.2) is 45.1 Å². The van der Waals surface area contributed by atoms with E-state index in [-0.39, 0.29) is 22.6 Å². The molecule has 3 aliphatic rings. The van der Waals surface area contributed by atoms with Gasteiger partial charge in [-0.1, -0.05) is 21.6 Å². The Labute approximate surface area is 88.3 Å². The lowest BCUT2D eigenvalue weighted by Gasteiger charge is -2.45. The van der Waals surface area contributed by atoms with Gasteiger partial charge in [0.2, 0.25) is 0 Å². The second-order valence-corrected chi connectivity index (χ2v) is 5.88. The van der Waals surface area contributed by atoms with E-state index in [1.54, 1.807) is 11.4 Å². The summed E-state index contributed by atoms with van der Waals surface area (Å²) in [5, 5.41) is -0.655. The van der Waals surface area contributed by atoms with Crippen molar-refractivity contribution in [3.05, 3.63) is 0 Å². The Morgan fingerprint density at radius 2 is 1.85 bits per heavy atom. The highest BCUT2D eigenvalue weighted by molar-refractivity contribution is 8.77. The average molecular weight is 236 g/mol. The van der Waals surface area contributed by atoms with Crippen LogP contribution < -0.4 is 0 Å². The minimum Gasteiger partial charge on any atom is -0.322 e. The highest BCUT2D eigenvalue weighted by Gasteiger charge is 2.50. The summed E-state index contributed by atoms with van der Waals surface area (Å²) in [5.41, 5.74) is 0. The second-order valence-electron chi connectivity index (χ2n) is 2.69. The van der Waals surface area contributed by atoms with Crippen LogP contribution in [0.5, 0.6) is 0 Å². The molecule has 3 rings (SSSR count). The van der Waals surface area contributed by atoms with E-state index in [0.717, 1.165) is 0 Å². The highest BCUT2D eigenvalue weighted by atomic mass is 33.1. The molecule has 0 aliphatic carbocycles. The first-order chi connectivity index (χ1) is 6.16. The van der Waals surface area contributed by atoms with E-state index in [1.165, 1.54) is 38.4 Å². The van der Waals surface area contributed by atoms with Crippen molar-refractivity contribution in [3.63, 3.8) is 0 Å². The van der Waals surface area contributed by atoms with Gasteiger partial charge < -0.3 is 4.90 Å². The fraction of sp³-hybridized carbons (Fsp3) is 0.667. The maximum atomic E-state index is 11.7. The zero-order chi connectivity index (χ0) is 9.59. The molecular weight excluding hydrogens is 228 g/mol. The normalized spacial score (nSPS) is 33.1. The van der Waals surface area contributed by atoms with Gasteiger partial charge in [-0.05, 0) is 11.9 Å². The van der Waals surface area contributed by atoms with Crippen molar-refractivity contribution < 1.29 is 9.59 Å². The van der Waals surface area contributed by atoms with Crippen LogP contribution in [0.3, 0.4) is 0 Å². The lowest BCUT2D eigenvalue weighted by Crippen LogP contribution is -2.61. The van der Waals surface area contributed by atoms with E-state index in [0.29, 0.717) is 0 Å². The molecule has 0 spiro atoms. The summed E-state index contributed by atoms with van der Waals surface area (Å²) in [6.07, 6.45) is 1.82. The molecule has 3 heterocycles. The van der Waals surface area contributed by atoms with E-state index in [1.807, 2.05) is 6.26 Å². The number of amides is 2. The van der Waals surface area contributed by atoms with E-state index in [4.69, 9.17) is 0 Å². The van der Waals surface area contributed by atoms with Crippen LogP contribution >= 0.6 is 33.5 Å². The van der Waals surface area contributed by atoms with Crippen LogP contribution in [0.4, 0.5) is 0 Å². The molecule has 72 valence electrons. The van der Waals surface area contributed by atoms with E-state index in [2.05, 4.69) is 0 Å². The zero-order valence-electron chi connectivity index (χ0n) is 7.09. The Hall–Kier alpha value is -0.0100. The van der Waals surface area contributed by atoms with Crippen molar-refractivity contribution in [2.24, 2.45) is 0 Å². The van der Waals surface area contributed by atoms with Crippen molar-refractivity contribution in [2.75, 3.05) is 13.3 Å². The second kappa shape index (κ2) is 3.29. The smallest absolute Gasteiger partial charge is 0.268 e. The molecule has 3 saturated heterocycles. The number of hydrogen-bond donors (Lipinski definition) is 0. The first kappa shape index (κ1) is 9.54. The lowest BCUT2D eigenvalue weighted by atomic mass is 10.3. The summed E-state index contributed by atoms with van der Waals surface area (Å²) < 4.78 is 1.56. The minimum absolute atomic E-state index is 0.0303. The van der Waals surface area contributed by atoms with Crippen LogP contribution in [0.2, 0.25) is 0 Å². The third-order valence-corrected chi connectivity index (χ3v) is 5.74. The van der Waals surface area contributed by atoms with Crippen molar-refractivity contribution in [2.45, 2.75) is 10.7 Å². The number of carbonyl (C=O) groups is 2. The van der Waals surface area contributed by atoms with Gasteiger partial charge in [0.1, 0.15) is 0 Å². The fourth-order valence-corrected chi connectivity index (χ4v) is 5.28. The SMILES string of the molecule is CSN1C(=O)[C@H]2SS[C@H]1C(=O)N2C. The van der Waals surface area contributed by atoms with E-state index >= 15 is 0 Å². The number of hydrogen-bond acceptors (Lipinski definition) is 5. The van der Waals surface area contributed by atoms with Crippen molar-refractivity contribution in [1.29, 1.82) is 0 Å². The van der Waals surface area contributed by atoms with Crippen molar-refractivity contribution in [3.8, 4) is 0 Å². The number of rotatable bonds is 1. The summed E-state index contributed by atoms with van der Waals surface area (Å²) in [4.78, 5) is 24.8. The van der Waals surface area contributed by atoms with Gasteiger partial charge in [-0.2, -0.15) is 0 Å². The first-order valence-corrected chi connectivity index (χ1v) is 7.08. The predicted octanol–water partition coefficient (Wildman–Crippen LogP) is 0.612. The number of carbonyl (C=O) groups excluding carboxylic acids is 2. The van der Waals surface area contributed by atoms with Gasteiger partial charge in [0.05, 0.1) is 0 Å². The summed E-state index contributed by atoms with van der Waals surface area (Å²) in [6.45, 7) is 0. The quantitative estimate of drug-likeness (QED) is 0.493.